The zero-order valence-corrected chi connectivity index (χ0v) is 11.0. The maximum Gasteiger partial charge on any atom is 0.237 e. The molecule has 1 aliphatic heterocycles. The number of ether oxygens (including phenoxy) is 1. The summed E-state index contributed by atoms with van der Waals surface area (Å²) in [5.41, 5.74) is 6.50. The molecule has 0 fully saturated rings. The van der Waals surface area contributed by atoms with Gasteiger partial charge in [0.2, 0.25) is 5.91 Å². The fourth-order valence-electron chi connectivity index (χ4n) is 2.02. The molecule has 0 saturated heterocycles. The SMILES string of the molecule is C[C@@H](N)C(=O)NC1CCCOc2c(Cl)cccc21. The molecule has 2 rings (SSSR count). The maximum absolute atomic E-state index is 11.7. The number of carbonyl (C=O) groups is 1. The van der Waals surface area contributed by atoms with Crippen LogP contribution in [0, 0.1) is 0 Å². The summed E-state index contributed by atoms with van der Waals surface area (Å²) in [5, 5.41) is 3.52. The molecule has 0 saturated carbocycles. The third kappa shape index (κ3) is 2.76. The molecule has 5 heteroatoms. The molecule has 3 N–H and O–H groups in total. The lowest BCUT2D eigenvalue weighted by atomic mass is 10.0. The van der Waals surface area contributed by atoms with Crippen molar-refractivity contribution in [3.8, 4) is 5.75 Å². The van der Waals surface area contributed by atoms with E-state index in [1.807, 2.05) is 12.1 Å². The highest BCUT2D eigenvalue weighted by molar-refractivity contribution is 6.32. The Balaban J connectivity index is 2.27. The van der Waals surface area contributed by atoms with Crippen molar-refractivity contribution in [2.45, 2.75) is 31.8 Å². The van der Waals surface area contributed by atoms with E-state index in [-0.39, 0.29) is 11.9 Å². The number of para-hydroxylation sites is 1. The Hall–Kier alpha value is -1.26. The molecule has 0 aromatic heterocycles. The number of benzene rings is 1. The van der Waals surface area contributed by atoms with Gasteiger partial charge in [-0.1, -0.05) is 23.7 Å². The van der Waals surface area contributed by atoms with Crippen LogP contribution < -0.4 is 15.8 Å². The smallest absolute Gasteiger partial charge is 0.237 e. The van der Waals surface area contributed by atoms with E-state index in [1.54, 1.807) is 13.0 Å². The van der Waals surface area contributed by atoms with E-state index < -0.39 is 6.04 Å². The first-order chi connectivity index (χ1) is 8.59. The van der Waals surface area contributed by atoms with Crippen LogP contribution in [0.1, 0.15) is 31.4 Å². The zero-order valence-electron chi connectivity index (χ0n) is 10.3. The van der Waals surface area contributed by atoms with E-state index in [9.17, 15) is 4.79 Å². The number of carbonyl (C=O) groups excluding carboxylic acids is 1. The average Bonchev–Trinajstić information content (AvgIpc) is 2.53. The van der Waals surface area contributed by atoms with Crippen LogP contribution in [-0.2, 0) is 4.79 Å². The van der Waals surface area contributed by atoms with Crippen LogP contribution in [0.25, 0.3) is 0 Å². The molecule has 1 amide bonds. The van der Waals surface area contributed by atoms with Gasteiger partial charge >= 0.3 is 0 Å². The van der Waals surface area contributed by atoms with Gasteiger partial charge in [0.1, 0.15) is 5.75 Å². The minimum atomic E-state index is -0.517. The van der Waals surface area contributed by atoms with Crippen LogP contribution in [-0.4, -0.2) is 18.6 Å². The van der Waals surface area contributed by atoms with Crippen molar-refractivity contribution < 1.29 is 9.53 Å². The van der Waals surface area contributed by atoms with Gasteiger partial charge in [0.25, 0.3) is 0 Å². The van der Waals surface area contributed by atoms with Gasteiger partial charge in [0.15, 0.2) is 0 Å². The third-order valence-corrected chi connectivity index (χ3v) is 3.28. The molecule has 1 aliphatic rings. The normalized spacial score (nSPS) is 20.3. The van der Waals surface area contributed by atoms with Crippen molar-refractivity contribution in [1.82, 2.24) is 5.32 Å². The Morgan fingerprint density at radius 1 is 1.61 bits per heavy atom. The number of fused-ring (bicyclic) bond motifs is 1. The number of nitrogens with two attached hydrogens (primary N) is 1. The summed E-state index contributed by atoms with van der Waals surface area (Å²) in [6.45, 7) is 2.28. The van der Waals surface area contributed by atoms with Gasteiger partial charge in [0, 0.05) is 5.56 Å². The summed E-state index contributed by atoms with van der Waals surface area (Å²) >= 11 is 6.12. The number of amides is 1. The quantitative estimate of drug-likeness (QED) is 0.862. The summed E-state index contributed by atoms with van der Waals surface area (Å²) in [4.78, 5) is 11.7. The summed E-state index contributed by atoms with van der Waals surface area (Å²) in [6, 6.07) is 4.98. The Labute approximate surface area is 111 Å². The van der Waals surface area contributed by atoms with Crippen molar-refractivity contribution in [1.29, 1.82) is 0 Å². The second-order valence-corrected chi connectivity index (χ2v) is 4.91. The van der Waals surface area contributed by atoms with E-state index in [0.717, 1.165) is 18.4 Å². The fraction of sp³-hybridized carbons (Fsp3) is 0.462. The molecule has 0 radical (unpaired) electrons. The Kier molecular flexibility index (Phi) is 4.09. The summed E-state index contributed by atoms with van der Waals surface area (Å²) < 4.78 is 5.64. The average molecular weight is 269 g/mol. The van der Waals surface area contributed by atoms with Crippen molar-refractivity contribution in [2.75, 3.05) is 6.61 Å². The van der Waals surface area contributed by atoms with Gasteiger partial charge in [-0.25, -0.2) is 0 Å². The summed E-state index contributed by atoms with van der Waals surface area (Å²) in [5.74, 6) is 0.513. The molecule has 0 aliphatic carbocycles. The second-order valence-electron chi connectivity index (χ2n) is 4.50. The summed E-state index contributed by atoms with van der Waals surface area (Å²) in [7, 11) is 0. The molecule has 1 aromatic carbocycles. The lowest BCUT2D eigenvalue weighted by Crippen LogP contribution is -2.40. The highest BCUT2D eigenvalue weighted by Gasteiger charge is 2.23. The Morgan fingerprint density at radius 2 is 2.39 bits per heavy atom. The molecule has 98 valence electrons. The highest BCUT2D eigenvalue weighted by Crippen LogP contribution is 2.36. The monoisotopic (exact) mass is 268 g/mol. The largest absolute Gasteiger partial charge is 0.492 e. The Morgan fingerprint density at radius 3 is 3.11 bits per heavy atom. The minimum absolute atomic E-state index is 0.0836. The molecule has 18 heavy (non-hydrogen) atoms. The number of hydrogen-bond donors (Lipinski definition) is 2. The van der Waals surface area contributed by atoms with E-state index in [2.05, 4.69) is 5.32 Å². The van der Waals surface area contributed by atoms with Gasteiger partial charge in [-0.05, 0) is 25.8 Å². The lowest BCUT2D eigenvalue weighted by Gasteiger charge is -2.20. The van der Waals surface area contributed by atoms with Crippen molar-refractivity contribution >= 4 is 17.5 Å². The number of nitrogens with one attached hydrogen (secondary N) is 1. The van der Waals surface area contributed by atoms with Crippen LogP contribution in [0.5, 0.6) is 5.75 Å². The molecule has 0 spiro atoms. The van der Waals surface area contributed by atoms with E-state index in [1.165, 1.54) is 0 Å². The van der Waals surface area contributed by atoms with Crippen LogP contribution in [0.3, 0.4) is 0 Å². The van der Waals surface area contributed by atoms with E-state index in [0.29, 0.717) is 17.4 Å². The standard InChI is InChI=1S/C13H17ClN2O2/c1-8(15)13(17)16-11-6-3-7-18-12-9(11)4-2-5-10(12)14/h2,4-5,8,11H,3,6-7,15H2,1H3,(H,16,17)/t8-,11?/m1/s1. The predicted octanol–water partition coefficient (Wildman–Crippen LogP) is 2.02. The first kappa shape index (κ1) is 13.2. The van der Waals surface area contributed by atoms with Gasteiger partial charge in [-0.3, -0.25) is 4.79 Å². The summed E-state index contributed by atoms with van der Waals surface area (Å²) in [6.07, 6.45) is 1.70. The van der Waals surface area contributed by atoms with Crippen molar-refractivity contribution in [2.24, 2.45) is 5.73 Å². The minimum Gasteiger partial charge on any atom is -0.492 e. The van der Waals surface area contributed by atoms with Crippen molar-refractivity contribution in [3.63, 3.8) is 0 Å². The van der Waals surface area contributed by atoms with Crippen molar-refractivity contribution in [3.05, 3.63) is 28.8 Å². The molecule has 2 atom stereocenters. The zero-order chi connectivity index (χ0) is 13.1. The van der Waals surface area contributed by atoms with Gasteiger partial charge < -0.3 is 15.8 Å². The first-order valence-corrected chi connectivity index (χ1v) is 6.44. The Bertz CT molecular complexity index is 449. The fourth-order valence-corrected chi connectivity index (χ4v) is 2.26. The molecule has 1 aromatic rings. The second kappa shape index (κ2) is 5.59. The van der Waals surface area contributed by atoms with E-state index in [4.69, 9.17) is 22.1 Å². The van der Waals surface area contributed by atoms with Crippen LogP contribution in [0.2, 0.25) is 5.02 Å². The van der Waals surface area contributed by atoms with E-state index >= 15 is 0 Å². The number of halogens is 1. The van der Waals surface area contributed by atoms with Crippen LogP contribution in [0.4, 0.5) is 0 Å². The molecule has 1 heterocycles. The predicted molar refractivity (Wildman–Crippen MR) is 70.7 cm³/mol. The molecule has 4 nitrogen and oxygen atoms in total. The maximum atomic E-state index is 11.7. The topological polar surface area (TPSA) is 64.4 Å². The number of hydrogen-bond acceptors (Lipinski definition) is 3. The molecule has 0 bridgehead atoms. The highest BCUT2D eigenvalue weighted by atomic mass is 35.5. The van der Waals surface area contributed by atoms with Crippen LogP contribution >= 0.6 is 11.6 Å². The van der Waals surface area contributed by atoms with Gasteiger partial charge in [-0.15, -0.1) is 0 Å². The molecular weight excluding hydrogens is 252 g/mol. The molecular formula is C13H17ClN2O2. The number of rotatable bonds is 2. The molecule has 1 unspecified atom stereocenters. The lowest BCUT2D eigenvalue weighted by molar-refractivity contribution is -0.122. The van der Waals surface area contributed by atoms with Crippen LogP contribution in [0.15, 0.2) is 18.2 Å². The van der Waals surface area contributed by atoms with Gasteiger partial charge in [0.05, 0.1) is 23.7 Å². The third-order valence-electron chi connectivity index (χ3n) is 2.99. The first-order valence-electron chi connectivity index (χ1n) is 6.06. The van der Waals surface area contributed by atoms with Gasteiger partial charge in [-0.2, -0.15) is 0 Å².